The van der Waals surface area contributed by atoms with E-state index < -0.39 is 0 Å². The molecule has 1 atom stereocenters. The fraction of sp³-hybridized carbons (Fsp3) is 0.895. The van der Waals surface area contributed by atoms with Crippen molar-refractivity contribution in [1.82, 2.24) is 0 Å². The molecule has 0 rings (SSSR count). The van der Waals surface area contributed by atoms with Crippen LogP contribution < -0.4 is 0 Å². The lowest BCUT2D eigenvalue weighted by atomic mass is 9.96. The van der Waals surface area contributed by atoms with Crippen LogP contribution in [0.25, 0.3) is 0 Å². The maximum Gasteiger partial charge on any atom is -0.0326 e. The molecule has 0 amide bonds. The molecule has 0 aromatic carbocycles. The van der Waals surface area contributed by atoms with Crippen molar-refractivity contribution in [3.63, 3.8) is 0 Å². The summed E-state index contributed by atoms with van der Waals surface area (Å²) in [6.07, 6.45) is 18.4. The molecule has 0 aliphatic heterocycles. The molecule has 114 valence electrons. The van der Waals surface area contributed by atoms with Crippen LogP contribution in [0.5, 0.6) is 0 Å². The lowest BCUT2D eigenvalue weighted by Gasteiger charge is -2.11. The van der Waals surface area contributed by atoms with Gasteiger partial charge in [-0.3, -0.25) is 0 Å². The average Bonchev–Trinajstić information content (AvgIpc) is 2.36. The van der Waals surface area contributed by atoms with Crippen LogP contribution in [0.1, 0.15) is 104 Å². The maximum absolute atomic E-state index is 3.97. The van der Waals surface area contributed by atoms with E-state index in [2.05, 4.69) is 27.4 Å². The maximum atomic E-state index is 3.97. The Morgan fingerprint density at radius 2 is 1.26 bits per heavy atom. The molecule has 0 saturated carbocycles. The Kier molecular flexibility index (Phi) is 14.0. The van der Waals surface area contributed by atoms with E-state index in [4.69, 9.17) is 0 Å². The molecule has 0 fully saturated rings. The van der Waals surface area contributed by atoms with Crippen molar-refractivity contribution in [3.05, 3.63) is 12.2 Å². The summed E-state index contributed by atoms with van der Waals surface area (Å²) in [5.74, 6) is 0.920. The fourth-order valence-corrected chi connectivity index (χ4v) is 2.70. The van der Waals surface area contributed by atoms with Crippen molar-refractivity contribution in [2.24, 2.45) is 5.92 Å². The van der Waals surface area contributed by atoms with Crippen LogP contribution in [0.4, 0.5) is 0 Å². The summed E-state index contributed by atoms with van der Waals surface area (Å²) in [5.41, 5.74) is 1.34. The molecule has 0 heterocycles. The van der Waals surface area contributed by atoms with Gasteiger partial charge in [-0.15, -0.1) is 6.58 Å². The van der Waals surface area contributed by atoms with Gasteiger partial charge in [0, 0.05) is 0 Å². The third-order valence-electron chi connectivity index (χ3n) is 4.10. The van der Waals surface area contributed by atoms with Gasteiger partial charge in [0.15, 0.2) is 0 Å². The average molecular weight is 267 g/mol. The largest absolute Gasteiger partial charge is 0.100 e. The molecule has 0 heteroatoms. The first-order valence-electron chi connectivity index (χ1n) is 8.81. The summed E-state index contributed by atoms with van der Waals surface area (Å²) in [6, 6.07) is 0. The molecule has 0 radical (unpaired) electrons. The smallest absolute Gasteiger partial charge is 0.0326 e. The Morgan fingerprint density at radius 1 is 0.789 bits per heavy atom. The highest BCUT2D eigenvalue weighted by Gasteiger charge is 2.02. The van der Waals surface area contributed by atoms with Crippen LogP contribution in [0, 0.1) is 5.92 Å². The number of allylic oxidation sites excluding steroid dienone is 1. The Balaban J connectivity index is 3.14. The molecule has 0 spiro atoms. The van der Waals surface area contributed by atoms with E-state index in [9.17, 15) is 0 Å². The highest BCUT2D eigenvalue weighted by atomic mass is 14.1. The van der Waals surface area contributed by atoms with Crippen LogP contribution in [-0.2, 0) is 0 Å². The van der Waals surface area contributed by atoms with Crippen molar-refractivity contribution >= 4 is 0 Å². The zero-order valence-corrected chi connectivity index (χ0v) is 14.0. The molecule has 19 heavy (non-hydrogen) atoms. The van der Waals surface area contributed by atoms with Gasteiger partial charge in [-0.1, -0.05) is 90.0 Å². The molecule has 0 nitrogen and oxygen atoms in total. The zero-order valence-electron chi connectivity index (χ0n) is 14.0. The Bertz CT molecular complexity index is 192. The second kappa shape index (κ2) is 14.2. The van der Waals surface area contributed by atoms with Crippen molar-refractivity contribution in [2.45, 2.75) is 104 Å². The molecular formula is C19H38. The summed E-state index contributed by atoms with van der Waals surface area (Å²) < 4.78 is 0. The first kappa shape index (κ1) is 18.7. The van der Waals surface area contributed by atoms with E-state index in [1.54, 1.807) is 0 Å². The minimum absolute atomic E-state index is 0.920. The number of rotatable bonds is 14. The summed E-state index contributed by atoms with van der Waals surface area (Å²) in [6.45, 7) is 10.8. The quantitative estimate of drug-likeness (QED) is 0.229. The highest BCUT2D eigenvalue weighted by molar-refractivity contribution is 4.87. The first-order valence-corrected chi connectivity index (χ1v) is 8.81. The summed E-state index contributed by atoms with van der Waals surface area (Å²) in [7, 11) is 0. The van der Waals surface area contributed by atoms with Gasteiger partial charge in [-0.05, 0) is 25.7 Å². The number of hydrogen-bond acceptors (Lipinski definition) is 0. The van der Waals surface area contributed by atoms with Crippen LogP contribution in [0.3, 0.4) is 0 Å². The van der Waals surface area contributed by atoms with Crippen LogP contribution in [0.15, 0.2) is 12.2 Å². The topological polar surface area (TPSA) is 0 Å². The molecule has 0 aromatic heterocycles. The van der Waals surface area contributed by atoms with E-state index >= 15 is 0 Å². The van der Waals surface area contributed by atoms with Gasteiger partial charge in [-0.25, -0.2) is 0 Å². The van der Waals surface area contributed by atoms with Gasteiger partial charge in [0.25, 0.3) is 0 Å². The molecular weight excluding hydrogens is 228 g/mol. The lowest BCUT2D eigenvalue weighted by Crippen LogP contribution is -1.95. The zero-order chi connectivity index (χ0) is 14.3. The molecule has 0 N–H and O–H groups in total. The minimum Gasteiger partial charge on any atom is -0.100 e. The standard InChI is InChI=1S/C19H38/c1-5-6-7-8-9-10-11-12-13-16-19(4)17-14-15-18(2)3/h19H,2,5-17H2,1,3-4H3/t19-/m0/s1. The predicted molar refractivity (Wildman–Crippen MR) is 89.7 cm³/mol. The normalized spacial score (nSPS) is 12.6. The molecule has 0 aliphatic rings. The molecule has 0 saturated heterocycles. The van der Waals surface area contributed by atoms with Crippen LogP contribution in [0.2, 0.25) is 0 Å². The summed E-state index contributed by atoms with van der Waals surface area (Å²) in [5, 5.41) is 0. The molecule has 0 unspecified atom stereocenters. The van der Waals surface area contributed by atoms with E-state index in [0.717, 1.165) is 5.92 Å². The van der Waals surface area contributed by atoms with E-state index in [1.807, 2.05) is 0 Å². The highest BCUT2D eigenvalue weighted by Crippen LogP contribution is 2.18. The van der Waals surface area contributed by atoms with Crippen molar-refractivity contribution in [3.8, 4) is 0 Å². The SMILES string of the molecule is C=C(C)CCC[C@@H](C)CCCCCCCCCCC. The molecule has 0 aromatic rings. The number of hydrogen-bond donors (Lipinski definition) is 0. The summed E-state index contributed by atoms with van der Waals surface area (Å²) >= 11 is 0. The predicted octanol–water partition coefficient (Wildman–Crippen LogP) is 7.29. The summed E-state index contributed by atoms with van der Waals surface area (Å²) in [4.78, 5) is 0. The van der Waals surface area contributed by atoms with Crippen LogP contribution in [-0.4, -0.2) is 0 Å². The second-order valence-corrected chi connectivity index (χ2v) is 6.57. The molecule has 0 aliphatic carbocycles. The first-order chi connectivity index (χ1) is 9.16. The van der Waals surface area contributed by atoms with Crippen molar-refractivity contribution in [2.75, 3.05) is 0 Å². The fourth-order valence-electron chi connectivity index (χ4n) is 2.70. The van der Waals surface area contributed by atoms with Crippen LogP contribution >= 0.6 is 0 Å². The number of unbranched alkanes of at least 4 members (excludes halogenated alkanes) is 8. The van der Waals surface area contributed by atoms with Gasteiger partial charge in [0.05, 0.1) is 0 Å². The Hall–Kier alpha value is -0.260. The van der Waals surface area contributed by atoms with Gasteiger partial charge in [0.2, 0.25) is 0 Å². The van der Waals surface area contributed by atoms with Gasteiger partial charge < -0.3 is 0 Å². The monoisotopic (exact) mass is 266 g/mol. The van der Waals surface area contributed by atoms with Gasteiger partial charge >= 0.3 is 0 Å². The van der Waals surface area contributed by atoms with E-state index in [0.29, 0.717) is 0 Å². The third kappa shape index (κ3) is 15.7. The Labute approximate surface area is 123 Å². The molecule has 0 bridgehead atoms. The Morgan fingerprint density at radius 3 is 1.79 bits per heavy atom. The van der Waals surface area contributed by atoms with Gasteiger partial charge in [-0.2, -0.15) is 0 Å². The lowest BCUT2D eigenvalue weighted by molar-refractivity contribution is 0.442. The minimum atomic E-state index is 0.920. The van der Waals surface area contributed by atoms with Crippen molar-refractivity contribution in [1.29, 1.82) is 0 Å². The van der Waals surface area contributed by atoms with E-state index in [-0.39, 0.29) is 0 Å². The second-order valence-electron chi connectivity index (χ2n) is 6.57. The third-order valence-corrected chi connectivity index (χ3v) is 4.10. The van der Waals surface area contributed by atoms with Crippen molar-refractivity contribution < 1.29 is 0 Å². The van der Waals surface area contributed by atoms with E-state index in [1.165, 1.54) is 89.0 Å². The van der Waals surface area contributed by atoms with Gasteiger partial charge in [0.1, 0.15) is 0 Å².